The van der Waals surface area contributed by atoms with E-state index in [4.69, 9.17) is 5.84 Å². The second kappa shape index (κ2) is 5.67. The van der Waals surface area contributed by atoms with Crippen molar-refractivity contribution in [2.75, 3.05) is 10.7 Å². The summed E-state index contributed by atoms with van der Waals surface area (Å²) in [4.78, 5) is 8.65. The van der Waals surface area contributed by atoms with Gasteiger partial charge in [-0.15, -0.1) is 0 Å². The molecule has 0 saturated heterocycles. The smallest absolute Gasteiger partial charge is 0.148 e. The van der Waals surface area contributed by atoms with E-state index in [-0.39, 0.29) is 0 Å². The number of benzene rings is 1. The van der Waals surface area contributed by atoms with Gasteiger partial charge in [0.1, 0.15) is 17.5 Å². The summed E-state index contributed by atoms with van der Waals surface area (Å²) in [5.74, 6) is 7.55. The molecule has 0 fully saturated rings. The SMILES string of the molecule is CCc1cccc(Nc2nc(C)nc(NN)c2C)c1. The monoisotopic (exact) mass is 257 g/mol. The summed E-state index contributed by atoms with van der Waals surface area (Å²) < 4.78 is 0. The van der Waals surface area contributed by atoms with Gasteiger partial charge in [-0.05, 0) is 38.0 Å². The predicted molar refractivity (Wildman–Crippen MR) is 78.4 cm³/mol. The van der Waals surface area contributed by atoms with Crippen LogP contribution in [-0.2, 0) is 6.42 Å². The summed E-state index contributed by atoms with van der Waals surface area (Å²) in [7, 11) is 0. The van der Waals surface area contributed by atoms with Crippen molar-refractivity contribution in [2.24, 2.45) is 5.84 Å². The van der Waals surface area contributed by atoms with Crippen molar-refractivity contribution in [3.05, 3.63) is 41.2 Å². The van der Waals surface area contributed by atoms with Gasteiger partial charge >= 0.3 is 0 Å². The van der Waals surface area contributed by atoms with Gasteiger partial charge in [0.25, 0.3) is 0 Å². The lowest BCUT2D eigenvalue weighted by atomic mass is 10.1. The average molecular weight is 257 g/mol. The van der Waals surface area contributed by atoms with E-state index < -0.39 is 0 Å². The molecule has 0 spiro atoms. The molecule has 2 aromatic rings. The van der Waals surface area contributed by atoms with Gasteiger partial charge in [0.2, 0.25) is 0 Å². The standard InChI is InChI=1S/C14H19N5/c1-4-11-6-5-7-12(8-11)18-13-9(2)14(19-15)17-10(3)16-13/h5-8H,4,15H2,1-3H3,(H2,16,17,18,19). The fraction of sp³-hybridized carbons (Fsp3) is 0.286. The molecule has 0 aliphatic rings. The van der Waals surface area contributed by atoms with Crippen molar-refractivity contribution in [3.63, 3.8) is 0 Å². The Hall–Kier alpha value is -2.14. The highest BCUT2D eigenvalue weighted by Gasteiger charge is 2.08. The van der Waals surface area contributed by atoms with Crippen LogP contribution in [0.25, 0.3) is 0 Å². The van der Waals surface area contributed by atoms with Crippen LogP contribution in [-0.4, -0.2) is 9.97 Å². The molecule has 19 heavy (non-hydrogen) atoms. The van der Waals surface area contributed by atoms with Crippen LogP contribution in [0.2, 0.25) is 0 Å². The summed E-state index contributed by atoms with van der Waals surface area (Å²) in [6.07, 6.45) is 1.01. The molecule has 1 heterocycles. The van der Waals surface area contributed by atoms with Gasteiger partial charge in [-0.25, -0.2) is 15.8 Å². The Morgan fingerprint density at radius 2 is 1.89 bits per heavy atom. The van der Waals surface area contributed by atoms with Crippen LogP contribution in [0.5, 0.6) is 0 Å². The first kappa shape index (κ1) is 13.3. The molecule has 4 N–H and O–H groups in total. The van der Waals surface area contributed by atoms with Gasteiger partial charge in [0.15, 0.2) is 0 Å². The minimum atomic E-state index is 0.640. The zero-order valence-electron chi connectivity index (χ0n) is 11.5. The van der Waals surface area contributed by atoms with Crippen molar-refractivity contribution in [1.29, 1.82) is 0 Å². The molecule has 0 unspecified atom stereocenters. The first-order valence-electron chi connectivity index (χ1n) is 6.32. The number of hydrogen-bond acceptors (Lipinski definition) is 5. The molecular weight excluding hydrogens is 238 g/mol. The molecule has 2 rings (SSSR count). The molecule has 0 amide bonds. The van der Waals surface area contributed by atoms with E-state index in [0.717, 1.165) is 23.5 Å². The number of hydrogen-bond donors (Lipinski definition) is 3. The maximum atomic E-state index is 5.46. The van der Waals surface area contributed by atoms with Crippen LogP contribution in [0.4, 0.5) is 17.3 Å². The summed E-state index contributed by atoms with van der Waals surface area (Å²) in [5, 5.41) is 3.32. The Bertz CT molecular complexity index is 580. The molecular formula is C14H19N5. The Balaban J connectivity index is 2.34. The van der Waals surface area contributed by atoms with E-state index in [9.17, 15) is 0 Å². The van der Waals surface area contributed by atoms with E-state index in [1.165, 1.54) is 5.56 Å². The number of aryl methyl sites for hydroxylation is 2. The third kappa shape index (κ3) is 3.00. The number of rotatable bonds is 4. The van der Waals surface area contributed by atoms with Crippen molar-refractivity contribution in [1.82, 2.24) is 9.97 Å². The summed E-state index contributed by atoms with van der Waals surface area (Å²) in [6, 6.07) is 8.28. The second-order valence-electron chi connectivity index (χ2n) is 4.42. The maximum Gasteiger partial charge on any atom is 0.148 e. The van der Waals surface area contributed by atoms with Crippen LogP contribution in [0, 0.1) is 13.8 Å². The minimum absolute atomic E-state index is 0.640. The quantitative estimate of drug-likeness (QED) is 0.580. The molecule has 5 heteroatoms. The lowest BCUT2D eigenvalue weighted by Gasteiger charge is -2.13. The van der Waals surface area contributed by atoms with Gasteiger partial charge < -0.3 is 10.7 Å². The maximum absolute atomic E-state index is 5.46. The van der Waals surface area contributed by atoms with Gasteiger partial charge in [-0.2, -0.15) is 0 Å². The summed E-state index contributed by atoms with van der Waals surface area (Å²) in [6.45, 7) is 5.91. The molecule has 0 saturated carbocycles. The topological polar surface area (TPSA) is 75.9 Å². The lowest BCUT2D eigenvalue weighted by molar-refractivity contribution is 1.03. The second-order valence-corrected chi connectivity index (χ2v) is 4.42. The largest absolute Gasteiger partial charge is 0.340 e. The van der Waals surface area contributed by atoms with Crippen LogP contribution >= 0.6 is 0 Å². The molecule has 1 aromatic heterocycles. The zero-order chi connectivity index (χ0) is 13.8. The lowest BCUT2D eigenvalue weighted by Crippen LogP contribution is -2.13. The fourth-order valence-electron chi connectivity index (χ4n) is 1.90. The van der Waals surface area contributed by atoms with Crippen LogP contribution in [0.1, 0.15) is 23.9 Å². The summed E-state index contributed by atoms with van der Waals surface area (Å²) >= 11 is 0. The van der Waals surface area contributed by atoms with E-state index >= 15 is 0 Å². The van der Waals surface area contributed by atoms with Crippen LogP contribution < -0.4 is 16.6 Å². The minimum Gasteiger partial charge on any atom is -0.340 e. The van der Waals surface area contributed by atoms with Gasteiger partial charge in [-0.1, -0.05) is 19.1 Å². The fourth-order valence-corrected chi connectivity index (χ4v) is 1.90. The number of nitrogens with zero attached hydrogens (tertiary/aromatic N) is 2. The van der Waals surface area contributed by atoms with Crippen molar-refractivity contribution in [3.8, 4) is 0 Å². The number of aromatic nitrogens is 2. The summed E-state index contributed by atoms with van der Waals surface area (Å²) in [5.41, 5.74) is 5.79. The van der Waals surface area contributed by atoms with Gasteiger partial charge in [0, 0.05) is 11.3 Å². The third-order valence-electron chi connectivity index (χ3n) is 2.99. The van der Waals surface area contributed by atoms with E-state index in [1.807, 2.05) is 26.0 Å². The first-order valence-corrected chi connectivity index (χ1v) is 6.32. The molecule has 100 valence electrons. The van der Waals surface area contributed by atoms with Gasteiger partial charge in [0.05, 0.1) is 0 Å². The van der Waals surface area contributed by atoms with E-state index in [2.05, 4.69) is 39.8 Å². The number of nitrogens with two attached hydrogens (primary N) is 1. The molecule has 5 nitrogen and oxygen atoms in total. The van der Waals surface area contributed by atoms with Crippen LogP contribution in [0.3, 0.4) is 0 Å². The Morgan fingerprint density at radius 1 is 1.16 bits per heavy atom. The molecule has 0 radical (unpaired) electrons. The normalized spacial score (nSPS) is 10.3. The highest BCUT2D eigenvalue weighted by molar-refractivity contribution is 5.64. The molecule has 0 aliphatic carbocycles. The Labute approximate surface area is 113 Å². The third-order valence-corrected chi connectivity index (χ3v) is 2.99. The highest BCUT2D eigenvalue weighted by Crippen LogP contribution is 2.23. The number of nitrogens with one attached hydrogen (secondary N) is 2. The van der Waals surface area contributed by atoms with E-state index in [1.54, 1.807) is 0 Å². The molecule has 0 bridgehead atoms. The van der Waals surface area contributed by atoms with Gasteiger partial charge in [-0.3, -0.25) is 0 Å². The molecule has 1 aromatic carbocycles. The van der Waals surface area contributed by atoms with Crippen molar-refractivity contribution >= 4 is 17.3 Å². The molecule has 0 aliphatic heterocycles. The Morgan fingerprint density at radius 3 is 2.58 bits per heavy atom. The van der Waals surface area contributed by atoms with Crippen molar-refractivity contribution in [2.45, 2.75) is 27.2 Å². The Kier molecular flexibility index (Phi) is 3.97. The molecule has 0 atom stereocenters. The number of nitrogen functional groups attached to an aromatic ring is 1. The number of hydrazine groups is 1. The van der Waals surface area contributed by atoms with Crippen LogP contribution in [0.15, 0.2) is 24.3 Å². The van der Waals surface area contributed by atoms with E-state index in [0.29, 0.717) is 11.6 Å². The average Bonchev–Trinajstić information content (AvgIpc) is 2.42. The number of anilines is 3. The zero-order valence-corrected chi connectivity index (χ0v) is 11.5. The highest BCUT2D eigenvalue weighted by atomic mass is 15.3. The predicted octanol–water partition coefficient (Wildman–Crippen LogP) is 2.69. The first-order chi connectivity index (χ1) is 9.13. The van der Waals surface area contributed by atoms with Crippen molar-refractivity contribution < 1.29 is 0 Å².